The number of benzene rings is 2. The van der Waals surface area contributed by atoms with Crippen LogP contribution in [0.25, 0.3) is 0 Å². The van der Waals surface area contributed by atoms with E-state index in [2.05, 4.69) is 33.5 Å². The van der Waals surface area contributed by atoms with Crippen molar-refractivity contribution in [3.63, 3.8) is 0 Å². The summed E-state index contributed by atoms with van der Waals surface area (Å²) in [5.74, 6) is 0.488. The molecule has 0 radical (unpaired) electrons. The Bertz CT molecular complexity index is 1150. The Kier molecular flexibility index (Phi) is 8.06. The minimum atomic E-state index is -0.371. The second-order valence-electron chi connectivity index (χ2n) is 8.02. The Morgan fingerprint density at radius 1 is 1.09 bits per heavy atom. The molecule has 8 heteroatoms. The molecule has 0 bridgehead atoms. The largest absolute Gasteiger partial charge is 0.342 e. The standard InChI is InChI=1S/C25H29N5O2S/c1-6-10-30-23(19(5)26-24(32)20-9-7-8-16(2)12-20)28-29-25(30)33-15-22(31)27-21-13-17(3)11-18(4)14-21/h6-9,11-14,19H,1,10,15H2,2-5H3,(H,26,32)(H,27,31)/t19-/m0/s1. The molecule has 0 aliphatic rings. The summed E-state index contributed by atoms with van der Waals surface area (Å²) in [7, 11) is 0. The third kappa shape index (κ3) is 6.55. The van der Waals surface area contributed by atoms with Crippen molar-refractivity contribution in [1.82, 2.24) is 20.1 Å². The average molecular weight is 464 g/mol. The number of carbonyl (C=O) groups excluding carboxylic acids is 2. The van der Waals surface area contributed by atoms with E-state index in [0.29, 0.717) is 23.1 Å². The number of rotatable bonds is 9. The van der Waals surface area contributed by atoms with E-state index in [0.717, 1.165) is 22.4 Å². The summed E-state index contributed by atoms with van der Waals surface area (Å²) in [6.07, 6.45) is 1.74. The van der Waals surface area contributed by atoms with Gasteiger partial charge < -0.3 is 15.2 Å². The highest BCUT2D eigenvalue weighted by molar-refractivity contribution is 7.99. The Hall–Kier alpha value is -3.39. The minimum absolute atomic E-state index is 0.125. The maximum absolute atomic E-state index is 12.6. The molecule has 0 fully saturated rings. The first-order chi connectivity index (χ1) is 15.8. The second kappa shape index (κ2) is 11.0. The minimum Gasteiger partial charge on any atom is -0.342 e. The first-order valence-corrected chi connectivity index (χ1v) is 11.7. The molecule has 7 nitrogen and oxygen atoms in total. The third-order valence-corrected chi connectivity index (χ3v) is 5.88. The lowest BCUT2D eigenvalue weighted by Crippen LogP contribution is -2.29. The normalized spacial score (nSPS) is 11.6. The van der Waals surface area contributed by atoms with E-state index in [1.807, 2.05) is 62.6 Å². The molecule has 0 unspecified atom stereocenters. The number of hydrogen-bond acceptors (Lipinski definition) is 5. The molecule has 3 aromatic rings. The van der Waals surface area contributed by atoms with E-state index >= 15 is 0 Å². The van der Waals surface area contributed by atoms with Gasteiger partial charge >= 0.3 is 0 Å². The van der Waals surface area contributed by atoms with Crippen molar-refractivity contribution in [2.75, 3.05) is 11.1 Å². The second-order valence-corrected chi connectivity index (χ2v) is 8.96. The smallest absolute Gasteiger partial charge is 0.251 e. The number of hydrogen-bond donors (Lipinski definition) is 2. The van der Waals surface area contributed by atoms with Crippen LogP contribution in [0.3, 0.4) is 0 Å². The third-order valence-electron chi connectivity index (χ3n) is 4.91. The van der Waals surface area contributed by atoms with Crippen LogP contribution in [0.5, 0.6) is 0 Å². The van der Waals surface area contributed by atoms with Crippen molar-refractivity contribution in [3.05, 3.63) is 83.2 Å². The van der Waals surface area contributed by atoms with Gasteiger partial charge in [-0.05, 0) is 63.1 Å². The van der Waals surface area contributed by atoms with Crippen LogP contribution in [0.15, 0.2) is 60.3 Å². The van der Waals surface area contributed by atoms with Gasteiger partial charge in [0.25, 0.3) is 5.91 Å². The van der Waals surface area contributed by atoms with Crippen molar-refractivity contribution in [2.24, 2.45) is 0 Å². The molecule has 0 saturated carbocycles. The quantitative estimate of drug-likeness (QED) is 0.357. The van der Waals surface area contributed by atoms with Gasteiger partial charge in [0.1, 0.15) is 0 Å². The van der Waals surface area contributed by atoms with Gasteiger partial charge in [0.2, 0.25) is 5.91 Å². The molecule has 1 atom stereocenters. The molecule has 3 rings (SSSR count). The monoisotopic (exact) mass is 463 g/mol. The van der Waals surface area contributed by atoms with Crippen LogP contribution in [0.2, 0.25) is 0 Å². The van der Waals surface area contributed by atoms with Gasteiger partial charge in [-0.25, -0.2) is 0 Å². The number of thioether (sulfide) groups is 1. The van der Waals surface area contributed by atoms with E-state index < -0.39 is 0 Å². The van der Waals surface area contributed by atoms with E-state index in [-0.39, 0.29) is 23.6 Å². The van der Waals surface area contributed by atoms with Crippen LogP contribution < -0.4 is 10.6 Å². The lowest BCUT2D eigenvalue weighted by molar-refractivity contribution is -0.113. The van der Waals surface area contributed by atoms with Gasteiger partial charge in [-0.1, -0.05) is 41.6 Å². The molecule has 2 N–H and O–H groups in total. The van der Waals surface area contributed by atoms with Gasteiger partial charge in [0.15, 0.2) is 11.0 Å². The number of aromatic nitrogens is 3. The zero-order valence-corrected chi connectivity index (χ0v) is 20.2. The maximum atomic E-state index is 12.6. The SMILES string of the molecule is C=CCn1c(SCC(=O)Nc2cc(C)cc(C)c2)nnc1[C@H](C)NC(=O)c1cccc(C)c1. The summed E-state index contributed by atoms with van der Waals surface area (Å²) in [6, 6.07) is 13.0. The van der Waals surface area contributed by atoms with E-state index in [1.54, 1.807) is 12.1 Å². The van der Waals surface area contributed by atoms with Crippen molar-refractivity contribution >= 4 is 29.3 Å². The predicted octanol–water partition coefficient (Wildman–Crippen LogP) is 4.61. The highest BCUT2D eigenvalue weighted by atomic mass is 32.2. The highest BCUT2D eigenvalue weighted by Crippen LogP contribution is 2.22. The van der Waals surface area contributed by atoms with Crippen molar-refractivity contribution in [3.8, 4) is 0 Å². The summed E-state index contributed by atoms with van der Waals surface area (Å²) >= 11 is 1.30. The van der Waals surface area contributed by atoms with E-state index in [1.165, 1.54) is 11.8 Å². The summed E-state index contributed by atoms with van der Waals surface area (Å²) in [5.41, 5.74) is 4.57. The molecule has 0 aliphatic heterocycles. The zero-order chi connectivity index (χ0) is 24.0. The number of anilines is 1. The van der Waals surface area contributed by atoms with Crippen molar-refractivity contribution in [1.29, 1.82) is 0 Å². The topological polar surface area (TPSA) is 88.9 Å². The van der Waals surface area contributed by atoms with Gasteiger partial charge in [-0.2, -0.15) is 0 Å². The first-order valence-electron chi connectivity index (χ1n) is 10.7. The summed E-state index contributed by atoms with van der Waals surface area (Å²) in [6.45, 7) is 12.1. The fourth-order valence-electron chi connectivity index (χ4n) is 3.53. The molecule has 0 aliphatic carbocycles. The Balaban J connectivity index is 1.67. The fraction of sp³-hybridized carbons (Fsp3) is 0.280. The van der Waals surface area contributed by atoms with Gasteiger partial charge in [0, 0.05) is 17.8 Å². The Labute approximate surface area is 198 Å². The van der Waals surface area contributed by atoms with Crippen molar-refractivity contribution < 1.29 is 9.59 Å². The lowest BCUT2D eigenvalue weighted by atomic mass is 10.1. The molecular weight excluding hydrogens is 434 g/mol. The molecule has 0 saturated heterocycles. The molecule has 1 aromatic heterocycles. The van der Waals surface area contributed by atoms with E-state index in [4.69, 9.17) is 0 Å². The first kappa shape index (κ1) is 24.3. The molecule has 1 heterocycles. The lowest BCUT2D eigenvalue weighted by Gasteiger charge is -2.15. The number of nitrogens with zero attached hydrogens (tertiary/aromatic N) is 3. The van der Waals surface area contributed by atoms with Crippen LogP contribution in [0, 0.1) is 20.8 Å². The Morgan fingerprint density at radius 2 is 1.82 bits per heavy atom. The van der Waals surface area contributed by atoms with Gasteiger partial charge in [-0.3, -0.25) is 9.59 Å². The predicted molar refractivity (Wildman–Crippen MR) is 133 cm³/mol. The molecule has 172 valence electrons. The fourth-order valence-corrected chi connectivity index (χ4v) is 4.29. The molecule has 0 spiro atoms. The highest BCUT2D eigenvalue weighted by Gasteiger charge is 2.20. The van der Waals surface area contributed by atoms with Crippen molar-refractivity contribution in [2.45, 2.75) is 45.4 Å². The number of nitrogens with one attached hydrogen (secondary N) is 2. The molecule has 2 aromatic carbocycles. The Morgan fingerprint density at radius 3 is 2.48 bits per heavy atom. The van der Waals surface area contributed by atoms with Gasteiger partial charge in [-0.15, -0.1) is 16.8 Å². The number of carbonyl (C=O) groups is 2. The zero-order valence-electron chi connectivity index (χ0n) is 19.4. The van der Waals surface area contributed by atoms with Crippen LogP contribution in [-0.4, -0.2) is 32.3 Å². The summed E-state index contributed by atoms with van der Waals surface area (Å²) in [4.78, 5) is 25.1. The maximum Gasteiger partial charge on any atom is 0.251 e. The molecule has 2 amide bonds. The average Bonchev–Trinajstić information content (AvgIpc) is 3.14. The van der Waals surface area contributed by atoms with Gasteiger partial charge in [0.05, 0.1) is 11.8 Å². The summed E-state index contributed by atoms with van der Waals surface area (Å²) < 4.78 is 1.86. The van der Waals surface area contributed by atoms with Crippen LogP contribution in [-0.2, 0) is 11.3 Å². The van der Waals surface area contributed by atoms with Crippen LogP contribution in [0.1, 0.15) is 45.8 Å². The number of allylic oxidation sites excluding steroid dienone is 1. The molecule has 33 heavy (non-hydrogen) atoms. The van der Waals surface area contributed by atoms with E-state index in [9.17, 15) is 9.59 Å². The number of amides is 2. The van der Waals surface area contributed by atoms with Crippen LogP contribution in [0.4, 0.5) is 5.69 Å². The number of aryl methyl sites for hydroxylation is 3. The summed E-state index contributed by atoms with van der Waals surface area (Å²) in [5, 5.41) is 15.0. The molecular formula is C25H29N5O2S. The van der Waals surface area contributed by atoms with Crippen LogP contribution >= 0.6 is 11.8 Å².